The summed E-state index contributed by atoms with van der Waals surface area (Å²) in [6.07, 6.45) is 1.80. The largest absolute Gasteiger partial charge is 0.478 e. The predicted octanol–water partition coefficient (Wildman–Crippen LogP) is 5.69. The Morgan fingerprint density at radius 2 is 1.61 bits per heavy atom. The Hall–Kier alpha value is -1.75. The van der Waals surface area contributed by atoms with Crippen LogP contribution in [0, 0.1) is 23.5 Å². The standard InChI is InChI=1S/C23H29F5O5/c1-2-3-4-5-15-10-29-20(30-11-15)7-6-16-12-31-22(32-13-16)17-8-18(24)21(19(25)9-17)33-14-23(26,27)28/h4-5,8-9,15-16,20,22H,2-3,6-7,10-14H2,1H3/t15-,16-,20-,22-. The lowest BCUT2D eigenvalue weighted by Gasteiger charge is -2.32. The first kappa shape index (κ1) is 25.9. The molecule has 0 aromatic heterocycles. The van der Waals surface area contributed by atoms with Crippen molar-refractivity contribution in [3.8, 4) is 5.75 Å². The summed E-state index contributed by atoms with van der Waals surface area (Å²) in [5.74, 6) is -3.27. The summed E-state index contributed by atoms with van der Waals surface area (Å²) in [5.41, 5.74) is 0.0314. The zero-order chi connectivity index (χ0) is 23.8. The number of hydrogen-bond acceptors (Lipinski definition) is 5. The Labute approximate surface area is 189 Å². The number of unbranched alkanes of at least 4 members (excludes halogenated alkanes) is 1. The average molecular weight is 480 g/mol. The van der Waals surface area contributed by atoms with Crippen molar-refractivity contribution in [2.24, 2.45) is 11.8 Å². The summed E-state index contributed by atoms with van der Waals surface area (Å²) >= 11 is 0. The van der Waals surface area contributed by atoms with Crippen LogP contribution >= 0.6 is 0 Å². The summed E-state index contributed by atoms with van der Waals surface area (Å²) in [5, 5.41) is 0. The van der Waals surface area contributed by atoms with Crippen LogP contribution < -0.4 is 4.74 Å². The van der Waals surface area contributed by atoms with Crippen molar-refractivity contribution in [2.45, 2.75) is 51.4 Å². The zero-order valence-corrected chi connectivity index (χ0v) is 18.4. The second kappa shape index (κ2) is 12.1. The highest BCUT2D eigenvalue weighted by Gasteiger charge is 2.31. The molecule has 186 valence electrons. The SMILES string of the molecule is CCCC=C[C@H]1CO[C@H](CC[C@H]2CO[C@H](c3cc(F)c(OCC(F)(F)F)c(F)c3)OC2)OC1. The third-order valence-corrected chi connectivity index (χ3v) is 5.31. The van der Waals surface area contributed by atoms with Crippen molar-refractivity contribution >= 4 is 0 Å². The summed E-state index contributed by atoms with van der Waals surface area (Å²) in [4.78, 5) is 0. The highest BCUT2D eigenvalue weighted by Crippen LogP contribution is 2.32. The molecule has 0 aliphatic carbocycles. The molecule has 33 heavy (non-hydrogen) atoms. The lowest BCUT2D eigenvalue weighted by atomic mass is 10.0. The lowest BCUT2D eigenvalue weighted by Crippen LogP contribution is -2.33. The quantitative estimate of drug-likeness (QED) is 0.336. The van der Waals surface area contributed by atoms with E-state index in [1.54, 1.807) is 0 Å². The van der Waals surface area contributed by atoms with Gasteiger partial charge in [0.1, 0.15) is 0 Å². The maximum Gasteiger partial charge on any atom is 0.422 e. The van der Waals surface area contributed by atoms with Crippen LogP contribution in [0.3, 0.4) is 0 Å². The van der Waals surface area contributed by atoms with Crippen molar-refractivity contribution in [1.82, 2.24) is 0 Å². The van der Waals surface area contributed by atoms with Gasteiger partial charge in [0, 0.05) is 17.4 Å². The maximum absolute atomic E-state index is 14.1. The van der Waals surface area contributed by atoms with Crippen LogP contribution in [-0.4, -0.2) is 45.5 Å². The Kier molecular flexibility index (Phi) is 9.48. The second-order valence-electron chi connectivity index (χ2n) is 8.23. The van der Waals surface area contributed by atoms with Gasteiger partial charge >= 0.3 is 6.18 Å². The third-order valence-electron chi connectivity index (χ3n) is 5.31. The number of benzene rings is 1. The van der Waals surface area contributed by atoms with Gasteiger partial charge in [-0.15, -0.1) is 0 Å². The molecule has 10 heteroatoms. The molecular formula is C23H29F5O5. The fourth-order valence-corrected chi connectivity index (χ4v) is 3.57. The van der Waals surface area contributed by atoms with E-state index in [2.05, 4.69) is 23.8 Å². The highest BCUT2D eigenvalue weighted by atomic mass is 19.4. The van der Waals surface area contributed by atoms with Crippen LogP contribution in [0.25, 0.3) is 0 Å². The smallest absolute Gasteiger partial charge is 0.422 e. The molecule has 0 radical (unpaired) electrons. The van der Waals surface area contributed by atoms with Crippen molar-refractivity contribution < 1.29 is 45.6 Å². The molecular weight excluding hydrogens is 451 g/mol. The topological polar surface area (TPSA) is 46.2 Å². The van der Waals surface area contributed by atoms with E-state index < -0.39 is 36.5 Å². The minimum Gasteiger partial charge on any atom is -0.478 e. The summed E-state index contributed by atoms with van der Waals surface area (Å²) in [6, 6.07) is 1.71. The normalized spacial score (nSPS) is 26.6. The molecule has 0 bridgehead atoms. The van der Waals surface area contributed by atoms with Gasteiger partial charge in [0.15, 0.2) is 36.6 Å². The predicted molar refractivity (Wildman–Crippen MR) is 109 cm³/mol. The van der Waals surface area contributed by atoms with E-state index in [0.717, 1.165) is 31.4 Å². The van der Waals surface area contributed by atoms with Gasteiger partial charge in [0.05, 0.1) is 26.4 Å². The molecule has 2 aliphatic heterocycles. The fraction of sp³-hybridized carbons (Fsp3) is 0.652. The summed E-state index contributed by atoms with van der Waals surface area (Å²) in [7, 11) is 0. The molecule has 2 fully saturated rings. The van der Waals surface area contributed by atoms with Crippen molar-refractivity contribution in [3.05, 3.63) is 41.5 Å². The summed E-state index contributed by atoms with van der Waals surface area (Å²) < 4.78 is 91.8. The van der Waals surface area contributed by atoms with Crippen LogP contribution in [0.1, 0.15) is 44.5 Å². The van der Waals surface area contributed by atoms with Gasteiger partial charge in [-0.2, -0.15) is 13.2 Å². The molecule has 2 saturated heterocycles. The monoisotopic (exact) mass is 480 g/mol. The second-order valence-corrected chi connectivity index (χ2v) is 8.23. The first-order chi connectivity index (χ1) is 15.7. The molecule has 5 nitrogen and oxygen atoms in total. The van der Waals surface area contributed by atoms with Gasteiger partial charge in [0.25, 0.3) is 0 Å². The number of rotatable bonds is 9. The first-order valence-electron chi connectivity index (χ1n) is 11.1. The van der Waals surface area contributed by atoms with Gasteiger partial charge < -0.3 is 23.7 Å². The van der Waals surface area contributed by atoms with Crippen LogP contribution in [0.4, 0.5) is 22.0 Å². The number of ether oxygens (including phenoxy) is 5. The van der Waals surface area contributed by atoms with E-state index in [1.807, 2.05) is 0 Å². The Morgan fingerprint density at radius 3 is 2.18 bits per heavy atom. The van der Waals surface area contributed by atoms with E-state index in [0.29, 0.717) is 32.8 Å². The fourth-order valence-electron chi connectivity index (χ4n) is 3.57. The van der Waals surface area contributed by atoms with Crippen LogP contribution in [0.5, 0.6) is 5.75 Å². The van der Waals surface area contributed by atoms with E-state index in [-0.39, 0.29) is 23.7 Å². The molecule has 0 N–H and O–H groups in total. The van der Waals surface area contributed by atoms with Crippen molar-refractivity contribution in [3.63, 3.8) is 0 Å². The highest BCUT2D eigenvalue weighted by molar-refractivity contribution is 5.32. The molecule has 3 rings (SSSR count). The van der Waals surface area contributed by atoms with Crippen LogP contribution in [-0.2, 0) is 18.9 Å². The number of hydrogen-bond donors (Lipinski definition) is 0. The number of halogens is 5. The van der Waals surface area contributed by atoms with Gasteiger partial charge in [-0.25, -0.2) is 8.78 Å². The Bertz CT molecular complexity index is 746. The van der Waals surface area contributed by atoms with Gasteiger partial charge in [0.2, 0.25) is 0 Å². The third kappa shape index (κ3) is 8.20. The van der Waals surface area contributed by atoms with E-state index in [9.17, 15) is 22.0 Å². The van der Waals surface area contributed by atoms with Crippen LogP contribution in [0.2, 0.25) is 0 Å². The van der Waals surface area contributed by atoms with E-state index in [4.69, 9.17) is 18.9 Å². The molecule has 0 atom stereocenters. The van der Waals surface area contributed by atoms with Crippen LogP contribution in [0.15, 0.2) is 24.3 Å². The molecule has 1 aromatic carbocycles. The first-order valence-corrected chi connectivity index (χ1v) is 11.1. The molecule has 0 unspecified atom stereocenters. The molecule has 0 spiro atoms. The number of allylic oxidation sites excluding steroid dienone is 1. The number of alkyl halides is 3. The average Bonchev–Trinajstić information content (AvgIpc) is 2.78. The Balaban J connectivity index is 1.41. The minimum atomic E-state index is -4.71. The molecule has 1 aromatic rings. The summed E-state index contributed by atoms with van der Waals surface area (Å²) in [6.45, 7) is 2.17. The molecule has 0 saturated carbocycles. The zero-order valence-electron chi connectivity index (χ0n) is 18.4. The van der Waals surface area contributed by atoms with Crippen molar-refractivity contribution in [1.29, 1.82) is 0 Å². The van der Waals surface area contributed by atoms with E-state index >= 15 is 0 Å². The van der Waals surface area contributed by atoms with E-state index in [1.165, 1.54) is 0 Å². The molecule has 2 aliphatic rings. The molecule has 2 heterocycles. The van der Waals surface area contributed by atoms with Crippen molar-refractivity contribution in [2.75, 3.05) is 33.0 Å². The van der Waals surface area contributed by atoms with Gasteiger partial charge in [-0.1, -0.05) is 25.5 Å². The minimum absolute atomic E-state index is 0.0314. The molecule has 0 amide bonds. The maximum atomic E-state index is 14.1. The van der Waals surface area contributed by atoms with Gasteiger partial charge in [-0.05, 0) is 31.4 Å². The Morgan fingerprint density at radius 1 is 0.970 bits per heavy atom. The lowest BCUT2D eigenvalue weighted by molar-refractivity contribution is -0.217. The van der Waals surface area contributed by atoms with Gasteiger partial charge in [-0.3, -0.25) is 0 Å².